The van der Waals surface area contributed by atoms with Crippen LogP contribution in [-0.2, 0) is 14.3 Å². The highest BCUT2D eigenvalue weighted by Gasteiger charge is 2.46. The number of halogens is 2. The van der Waals surface area contributed by atoms with Gasteiger partial charge in [0, 0.05) is 18.0 Å². The highest BCUT2D eigenvalue weighted by Crippen LogP contribution is 2.37. The van der Waals surface area contributed by atoms with Crippen molar-refractivity contribution < 1.29 is 41.8 Å². The van der Waals surface area contributed by atoms with Crippen molar-refractivity contribution in [3.8, 4) is 23.0 Å². The van der Waals surface area contributed by atoms with Gasteiger partial charge in [0.2, 0.25) is 11.8 Å². The lowest BCUT2D eigenvalue weighted by Gasteiger charge is -2.26. The predicted molar refractivity (Wildman–Crippen MR) is 136 cm³/mol. The Kier molecular flexibility index (Phi) is 7.92. The van der Waals surface area contributed by atoms with Crippen molar-refractivity contribution >= 4 is 17.8 Å². The third-order valence-electron chi connectivity index (χ3n) is 7.22. The Labute approximate surface area is 229 Å². The summed E-state index contributed by atoms with van der Waals surface area (Å²) in [5.41, 5.74) is 6.37. The van der Waals surface area contributed by atoms with E-state index in [1.165, 1.54) is 30.2 Å². The zero-order valence-corrected chi connectivity index (χ0v) is 22.2. The minimum Gasteiger partial charge on any atom is -0.489 e. The number of likely N-dealkylation sites (tertiary alicyclic amines) is 1. The van der Waals surface area contributed by atoms with Gasteiger partial charge in [-0.2, -0.15) is 8.78 Å². The number of hydrogen-bond donors (Lipinski definition) is 2. The molecule has 1 saturated heterocycles. The van der Waals surface area contributed by atoms with Crippen molar-refractivity contribution in [3.63, 3.8) is 0 Å². The SMILES string of the molecule is COC(=O)[C@@H]1C(NC(=O)C2CC2)CCN1C(=O)c1nc(-c2ccc(OC(F)F)c(OCC3CC3)c2)oc1[C@H](C)N. The zero-order valence-electron chi connectivity index (χ0n) is 22.2. The lowest BCUT2D eigenvalue weighted by molar-refractivity contribution is -0.145. The quantitative estimate of drug-likeness (QED) is 0.395. The largest absolute Gasteiger partial charge is 0.489 e. The Morgan fingerprint density at radius 2 is 1.93 bits per heavy atom. The molecule has 2 saturated carbocycles. The molecule has 2 aliphatic carbocycles. The summed E-state index contributed by atoms with van der Waals surface area (Å²) in [5.74, 6) is -1.06. The molecule has 3 fully saturated rings. The number of benzene rings is 1. The number of amides is 2. The highest BCUT2D eigenvalue weighted by molar-refractivity contribution is 5.97. The van der Waals surface area contributed by atoms with Gasteiger partial charge in [-0.05, 0) is 63.1 Å². The van der Waals surface area contributed by atoms with Crippen molar-refractivity contribution in [2.24, 2.45) is 17.6 Å². The molecule has 11 nitrogen and oxygen atoms in total. The summed E-state index contributed by atoms with van der Waals surface area (Å²) >= 11 is 0. The number of carbonyl (C=O) groups excluding carboxylic acids is 3. The number of carbonyl (C=O) groups is 3. The van der Waals surface area contributed by atoms with E-state index in [-0.39, 0.29) is 47.2 Å². The minimum atomic E-state index is -3.04. The van der Waals surface area contributed by atoms with Crippen LogP contribution in [0.5, 0.6) is 11.5 Å². The van der Waals surface area contributed by atoms with Gasteiger partial charge in [0.05, 0.1) is 25.8 Å². The third kappa shape index (κ3) is 6.03. The number of nitrogens with one attached hydrogen (secondary N) is 1. The molecule has 216 valence electrons. The maximum absolute atomic E-state index is 13.8. The van der Waals surface area contributed by atoms with Crippen molar-refractivity contribution in [2.45, 2.75) is 63.8 Å². The Balaban J connectivity index is 1.43. The molecule has 1 unspecified atom stereocenters. The number of methoxy groups -OCH3 is 1. The first kappa shape index (κ1) is 27.8. The van der Waals surface area contributed by atoms with Gasteiger partial charge < -0.3 is 34.6 Å². The molecule has 5 rings (SSSR count). The molecular weight excluding hydrogens is 530 g/mol. The Bertz CT molecular complexity index is 1280. The second-order valence-corrected chi connectivity index (χ2v) is 10.5. The molecule has 13 heteroatoms. The maximum atomic E-state index is 13.8. The van der Waals surface area contributed by atoms with E-state index >= 15 is 0 Å². The van der Waals surface area contributed by atoms with Crippen LogP contribution in [0.1, 0.15) is 61.3 Å². The van der Waals surface area contributed by atoms with Crippen molar-refractivity contribution in [2.75, 3.05) is 20.3 Å². The van der Waals surface area contributed by atoms with Crippen molar-refractivity contribution in [1.29, 1.82) is 0 Å². The fourth-order valence-electron chi connectivity index (χ4n) is 4.72. The van der Waals surface area contributed by atoms with E-state index in [0.29, 0.717) is 24.5 Å². The first-order chi connectivity index (χ1) is 19.2. The monoisotopic (exact) mass is 562 g/mol. The molecule has 0 radical (unpaired) electrons. The van der Waals surface area contributed by atoms with Gasteiger partial charge in [-0.25, -0.2) is 9.78 Å². The fourth-order valence-corrected chi connectivity index (χ4v) is 4.72. The number of nitrogens with two attached hydrogens (primary N) is 1. The number of alkyl halides is 2. The van der Waals surface area contributed by atoms with E-state index in [2.05, 4.69) is 15.0 Å². The van der Waals surface area contributed by atoms with Crippen LogP contribution in [0.4, 0.5) is 8.78 Å². The number of rotatable bonds is 11. The van der Waals surface area contributed by atoms with Crippen LogP contribution in [0, 0.1) is 11.8 Å². The molecule has 0 spiro atoms. The van der Waals surface area contributed by atoms with Gasteiger partial charge in [0.25, 0.3) is 5.91 Å². The third-order valence-corrected chi connectivity index (χ3v) is 7.22. The standard InChI is InChI=1S/C27H32F2N4O7/c1-13(30)22-20(25(35)33-10-9-17(21(33)26(36)37-2)31-23(34)15-5-6-15)32-24(40-22)16-7-8-18(39-27(28)29)19(11-16)38-12-14-3-4-14/h7-8,11,13-15,17,21,27H,3-6,9-10,12,30H2,1-2H3,(H,31,34)/t13-,17?,21-/m0/s1. The normalized spacial score (nSPS) is 21.3. The molecule has 1 aliphatic heterocycles. The molecule has 3 N–H and O–H groups in total. The number of nitrogens with zero attached hydrogens (tertiary/aromatic N) is 2. The molecule has 2 heterocycles. The van der Waals surface area contributed by atoms with E-state index in [1.807, 2.05) is 0 Å². The topological polar surface area (TPSA) is 146 Å². The number of hydrogen-bond acceptors (Lipinski definition) is 9. The smallest absolute Gasteiger partial charge is 0.387 e. The van der Waals surface area contributed by atoms with Gasteiger partial charge in [0.1, 0.15) is 6.04 Å². The van der Waals surface area contributed by atoms with Crippen LogP contribution in [0.2, 0.25) is 0 Å². The summed E-state index contributed by atoms with van der Waals surface area (Å²) in [6.07, 6.45) is 3.96. The van der Waals surface area contributed by atoms with Crippen LogP contribution in [0.15, 0.2) is 22.6 Å². The summed E-state index contributed by atoms with van der Waals surface area (Å²) in [5, 5.41) is 2.88. The lowest BCUT2D eigenvalue weighted by atomic mass is 10.1. The summed E-state index contributed by atoms with van der Waals surface area (Å²) in [4.78, 5) is 44.6. The van der Waals surface area contributed by atoms with E-state index < -0.39 is 36.6 Å². The van der Waals surface area contributed by atoms with Crippen molar-refractivity contribution in [1.82, 2.24) is 15.2 Å². The van der Waals surface area contributed by atoms with Crippen LogP contribution in [0.3, 0.4) is 0 Å². The molecule has 3 atom stereocenters. The Morgan fingerprint density at radius 1 is 1.18 bits per heavy atom. The summed E-state index contributed by atoms with van der Waals surface area (Å²) < 4.78 is 47.1. The maximum Gasteiger partial charge on any atom is 0.387 e. The molecular formula is C27H32F2N4O7. The zero-order chi connectivity index (χ0) is 28.6. The highest BCUT2D eigenvalue weighted by atomic mass is 19.3. The first-order valence-electron chi connectivity index (χ1n) is 13.3. The molecule has 1 aromatic carbocycles. The van der Waals surface area contributed by atoms with Gasteiger partial charge >= 0.3 is 12.6 Å². The van der Waals surface area contributed by atoms with E-state index in [1.54, 1.807) is 6.92 Å². The minimum absolute atomic E-state index is 0.0166. The second-order valence-electron chi connectivity index (χ2n) is 10.5. The number of esters is 1. The number of ether oxygens (including phenoxy) is 3. The van der Waals surface area contributed by atoms with Crippen LogP contribution < -0.4 is 20.5 Å². The molecule has 40 heavy (non-hydrogen) atoms. The molecule has 3 aliphatic rings. The average Bonchev–Trinajstić information content (AvgIpc) is 3.85. The molecule has 2 amide bonds. The van der Waals surface area contributed by atoms with E-state index in [0.717, 1.165) is 25.7 Å². The number of oxazole rings is 1. The summed E-state index contributed by atoms with van der Waals surface area (Å²) in [6.45, 7) is -0.893. The van der Waals surface area contributed by atoms with Gasteiger partial charge in [0.15, 0.2) is 23.0 Å². The van der Waals surface area contributed by atoms with Crippen LogP contribution >= 0.6 is 0 Å². The van der Waals surface area contributed by atoms with Crippen LogP contribution in [-0.4, -0.2) is 66.6 Å². The first-order valence-corrected chi connectivity index (χ1v) is 13.3. The molecule has 2 aromatic rings. The predicted octanol–water partition coefficient (Wildman–Crippen LogP) is 3.03. The summed E-state index contributed by atoms with van der Waals surface area (Å²) in [6, 6.07) is 1.85. The summed E-state index contributed by atoms with van der Waals surface area (Å²) in [7, 11) is 1.22. The van der Waals surface area contributed by atoms with Crippen LogP contribution in [0.25, 0.3) is 11.5 Å². The van der Waals surface area contributed by atoms with E-state index in [4.69, 9.17) is 19.6 Å². The molecule has 0 bridgehead atoms. The van der Waals surface area contributed by atoms with Gasteiger partial charge in [-0.3, -0.25) is 9.59 Å². The average molecular weight is 563 g/mol. The van der Waals surface area contributed by atoms with Gasteiger partial charge in [-0.15, -0.1) is 0 Å². The van der Waals surface area contributed by atoms with Crippen molar-refractivity contribution in [3.05, 3.63) is 29.7 Å². The van der Waals surface area contributed by atoms with E-state index in [9.17, 15) is 23.2 Å². The Hall–Kier alpha value is -3.74. The fraction of sp³-hybridized carbons (Fsp3) is 0.556. The molecule has 1 aromatic heterocycles. The second kappa shape index (κ2) is 11.4. The lowest BCUT2D eigenvalue weighted by Crippen LogP contribution is -2.52. The number of aromatic nitrogens is 1. The van der Waals surface area contributed by atoms with Gasteiger partial charge in [-0.1, -0.05) is 0 Å². The Morgan fingerprint density at radius 3 is 2.55 bits per heavy atom.